The highest BCUT2D eigenvalue weighted by molar-refractivity contribution is 5.96. The van der Waals surface area contributed by atoms with Crippen molar-refractivity contribution in [2.45, 2.75) is 19.3 Å². The van der Waals surface area contributed by atoms with E-state index in [2.05, 4.69) is 10.1 Å². The molecule has 0 spiro atoms. The molecule has 1 atom stereocenters. The topological polar surface area (TPSA) is 86.9 Å². The number of ether oxygens (including phenoxy) is 3. The van der Waals surface area contributed by atoms with Crippen LogP contribution >= 0.6 is 0 Å². The van der Waals surface area contributed by atoms with Crippen molar-refractivity contribution in [3.05, 3.63) is 48.4 Å². The molecule has 0 N–H and O–H groups in total. The minimum atomic E-state index is -0.172. The van der Waals surface area contributed by atoms with Crippen LogP contribution in [0.5, 0.6) is 17.2 Å². The highest BCUT2D eigenvalue weighted by Gasteiger charge is 2.35. The van der Waals surface area contributed by atoms with Gasteiger partial charge in [-0.25, -0.2) is 0 Å². The number of anilines is 1. The molecule has 3 aromatic rings. The van der Waals surface area contributed by atoms with Gasteiger partial charge >= 0.3 is 0 Å². The summed E-state index contributed by atoms with van der Waals surface area (Å²) in [4.78, 5) is 18.8. The molecule has 1 aromatic heterocycles. The van der Waals surface area contributed by atoms with Crippen LogP contribution in [-0.2, 0) is 4.79 Å². The number of rotatable bonds is 7. The maximum absolute atomic E-state index is 12.6. The summed E-state index contributed by atoms with van der Waals surface area (Å²) in [5.74, 6) is 2.68. The van der Waals surface area contributed by atoms with E-state index >= 15 is 0 Å². The Balaban J connectivity index is 1.54. The summed E-state index contributed by atoms with van der Waals surface area (Å²) in [5.41, 5.74) is 1.54. The number of aromatic nitrogens is 2. The molecule has 1 aliphatic heterocycles. The van der Waals surface area contributed by atoms with Gasteiger partial charge in [0.15, 0.2) is 11.5 Å². The average Bonchev–Trinajstić information content (AvgIpc) is 3.41. The van der Waals surface area contributed by atoms with Gasteiger partial charge < -0.3 is 23.6 Å². The summed E-state index contributed by atoms with van der Waals surface area (Å²) in [7, 11) is 3.18. The van der Waals surface area contributed by atoms with Crippen LogP contribution in [-0.4, -0.2) is 43.4 Å². The van der Waals surface area contributed by atoms with Crippen LogP contribution in [0.4, 0.5) is 5.69 Å². The van der Waals surface area contributed by atoms with Crippen molar-refractivity contribution in [2.24, 2.45) is 0 Å². The zero-order valence-electron chi connectivity index (χ0n) is 17.1. The maximum atomic E-state index is 12.6. The van der Waals surface area contributed by atoms with E-state index in [-0.39, 0.29) is 11.8 Å². The number of hydrogen-bond acceptors (Lipinski definition) is 7. The summed E-state index contributed by atoms with van der Waals surface area (Å²) >= 11 is 0. The van der Waals surface area contributed by atoms with E-state index in [1.807, 2.05) is 49.4 Å². The van der Waals surface area contributed by atoms with E-state index in [1.165, 1.54) is 0 Å². The Bertz CT molecular complexity index is 1050. The van der Waals surface area contributed by atoms with Crippen molar-refractivity contribution in [3.63, 3.8) is 0 Å². The molecule has 30 heavy (non-hydrogen) atoms. The van der Waals surface area contributed by atoms with E-state index in [1.54, 1.807) is 19.1 Å². The van der Waals surface area contributed by atoms with Crippen molar-refractivity contribution in [1.29, 1.82) is 0 Å². The van der Waals surface area contributed by atoms with Crippen molar-refractivity contribution in [2.75, 3.05) is 32.3 Å². The quantitative estimate of drug-likeness (QED) is 0.588. The molecule has 1 aliphatic rings. The molecule has 4 rings (SSSR count). The van der Waals surface area contributed by atoms with Crippen LogP contribution in [0.25, 0.3) is 11.4 Å². The lowest BCUT2D eigenvalue weighted by atomic mass is 10.1. The van der Waals surface area contributed by atoms with Crippen molar-refractivity contribution < 1.29 is 23.5 Å². The number of carbonyl (C=O) groups is 1. The van der Waals surface area contributed by atoms with Gasteiger partial charge in [0.2, 0.25) is 17.6 Å². The summed E-state index contributed by atoms with van der Waals surface area (Å²) in [5, 5.41) is 4.10. The van der Waals surface area contributed by atoms with E-state index in [4.69, 9.17) is 18.7 Å². The third-order valence-electron chi connectivity index (χ3n) is 5.00. The fourth-order valence-electron chi connectivity index (χ4n) is 3.50. The predicted octanol–water partition coefficient (Wildman–Crippen LogP) is 3.67. The van der Waals surface area contributed by atoms with Crippen molar-refractivity contribution >= 4 is 11.6 Å². The molecule has 0 aliphatic carbocycles. The third-order valence-corrected chi connectivity index (χ3v) is 5.00. The molecule has 8 heteroatoms. The second kappa shape index (κ2) is 8.44. The summed E-state index contributed by atoms with van der Waals surface area (Å²) in [6, 6.07) is 12.9. The van der Waals surface area contributed by atoms with Crippen LogP contribution in [0.3, 0.4) is 0 Å². The molecule has 0 bridgehead atoms. The van der Waals surface area contributed by atoms with Gasteiger partial charge in [-0.1, -0.05) is 11.2 Å². The molecule has 1 amide bonds. The standard InChI is InChI=1S/C22H23N3O5/c1-4-29-18-9-8-14(10-19(18)28-3)21-23-22(30-24-21)15-11-20(26)25(13-15)16-6-5-7-17(12-16)27-2/h5-10,12,15H,4,11,13H2,1-3H3. The lowest BCUT2D eigenvalue weighted by molar-refractivity contribution is -0.117. The first-order valence-corrected chi connectivity index (χ1v) is 9.72. The predicted molar refractivity (Wildman–Crippen MR) is 110 cm³/mol. The van der Waals surface area contributed by atoms with Gasteiger partial charge in [0.1, 0.15) is 5.75 Å². The molecule has 8 nitrogen and oxygen atoms in total. The Morgan fingerprint density at radius 3 is 2.77 bits per heavy atom. The number of hydrogen-bond donors (Lipinski definition) is 0. The van der Waals surface area contributed by atoms with Crippen molar-refractivity contribution in [1.82, 2.24) is 10.1 Å². The largest absolute Gasteiger partial charge is 0.497 e. The minimum Gasteiger partial charge on any atom is -0.497 e. The van der Waals surface area contributed by atoms with Gasteiger partial charge in [-0.2, -0.15) is 4.98 Å². The molecule has 1 unspecified atom stereocenters. The average molecular weight is 409 g/mol. The molecule has 2 heterocycles. The number of carbonyl (C=O) groups excluding carboxylic acids is 1. The lowest BCUT2D eigenvalue weighted by Crippen LogP contribution is -2.24. The highest BCUT2D eigenvalue weighted by Crippen LogP contribution is 2.35. The minimum absolute atomic E-state index is 0.00994. The first-order valence-electron chi connectivity index (χ1n) is 9.72. The smallest absolute Gasteiger partial charge is 0.232 e. The van der Waals surface area contributed by atoms with Gasteiger partial charge in [0.05, 0.1) is 26.7 Å². The Labute approximate surface area is 174 Å². The van der Waals surface area contributed by atoms with Crippen LogP contribution < -0.4 is 19.1 Å². The lowest BCUT2D eigenvalue weighted by Gasteiger charge is -2.16. The summed E-state index contributed by atoms with van der Waals surface area (Å²) < 4.78 is 21.7. The second-order valence-corrected chi connectivity index (χ2v) is 6.86. The van der Waals surface area contributed by atoms with Gasteiger partial charge in [-0.3, -0.25) is 4.79 Å². The number of benzene rings is 2. The van der Waals surface area contributed by atoms with E-state index in [0.29, 0.717) is 48.5 Å². The van der Waals surface area contributed by atoms with Gasteiger partial charge in [0.25, 0.3) is 0 Å². The van der Waals surface area contributed by atoms with Crippen LogP contribution in [0.15, 0.2) is 47.0 Å². The van der Waals surface area contributed by atoms with Gasteiger partial charge in [-0.05, 0) is 37.3 Å². The van der Waals surface area contributed by atoms with Gasteiger partial charge in [0, 0.05) is 30.3 Å². The van der Waals surface area contributed by atoms with E-state index < -0.39 is 0 Å². The normalized spacial score (nSPS) is 16.0. The zero-order valence-corrected chi connectivity index (χ0v) is 17.1. The molecule has 156 valence electrons. The third kappa shape index (κ3) is 3.80. The first-order chi connectivity index (χ1) is 14.6. The molecular formula is C22H23N3O5. The number of amides is 1. The summed E-state index contributed by atoms with van der Waals surface area (Å²) in [6.45, 7) is 2.93. The first kappa shape index (κ1) is 19.8. The molecule has 0 radical (unpaired) electrons. The highest BCUT2D eigenvalue weighted by atomic mass is 16.5. The second-order valence-electron chi connectivity index (χ2n) is 6.86. The van der Waals surface area contributed by atoms with Gasteiger partial charge in [-0.15, -0.1) is 0 Å². The monoisotopic (exact) mass is 409 g/mol. The zero-order chi connectivity index (χ0) is 21.1. The van der Waals surface area contributed by atoms with Crippen LogP contribution in [0.2, 0.25) is 0 Å². The van der Waals surface area contributed by atoms with Crippen LogP contribution in [0, 0.1) is 0 Å². The Hall–Kier alpha value is -3.55. The summed E-state index contributed by atoms with van der Waals surface area (Å²) in [6.07, 6.45) is 0.311. The van der Waals surface area contributed by atoms with Crippen molar-refractivity contribution in [3.8, 4) is 28.6 Å². The van der Waals surface area contributed by atoms with E-state index in [9.17, 15) is 4.79 Å². The Kier molecular flexibility index (Phi) is 5.56. The van der Waals surface area contributed by atoms with Crippen LogP contribution in [0.1, 0.15) is 25.2 Å². The Morgan fingerprint density at radius 1 is 1.13 bits per heavy atom. The molecule has 1 fully saturated rings. The van der Waals surface area contributed by atoms with E-state index in [0.717, 1.165) is 11.3 Å². The fraction of sp³-hybridized carbons (Fsp3) is 0.318. The Morgan fingerprint density at radius 2 is 2.00 bits per heavy atom. The molecule has 1 saturated heterocycles. The maximum Gasteiger partial charge on any atom is 0.232 e. The molecule has 2 aromatic carbocycles. The SMILES string of the molecule is CCOc1ccc(-c2noc(C3CC(=O)N(c4cccc(OC)c4)C3)n2)cc1OC. The number of methoxy groups -OCH3 is 2. The molecular weight excluding hydrogens is 386 g/mol. The molecule has 0 saturated carbocycles. The number of nitrogens with zero attached hydrogens (tertiary/aromatic N) is 3. The fourth-order valence-corrected chi connectivity index (χ4v) is 3.50.